The van der Waals surface area contributed by atoms with Gasteiger partial charge < -0.3 is 24.8 Å². The van der Waals surface area contributed by atoms with Gasteiger partial charge >= 0.3 is 5.97 Å². The SMILES string of the molecule is COCOC(=O)C1(COC)CS[C@@H]2C(N)C(=O)N2C1. The van der Waals surface area contributed by atoms with Gasteiger partial charge in [0.1, 0.15) is 16.8 Å². The van der Waals surface area contributed by atoms with Crippen LogP contribution in [0.4, 0.5) is 0 Å². The van der Waals surface area contributed by atoms with Crippen molar-refractivity contribution < 1.29 is 23.8 Å². The predicted octanol–water partition coefficient (Wildman–Crippen LogP) is -0.991. The van der Waals surface area contributed by atoms with Crippen molar-refractivity contribution in [3.63, 3.8) is 0 Å². The Kier molecular flexibility index (Phi) is 4.34. The highest BCUT2D eigenvalue weighted by Crippen LogP contribution is 2.42. The number of hydrogen-bond acceptors (Lipinski definition) is 7. The van der Waals surface area contributed by atoms with Crippen molar-refractivity contribution in [3.8, 4) is 0 Å². The number of carbonyl (C=O) groups excluding carboxylic acids is 2. The average Bonchev–Trinajstić information content (AvgIpc) is 2.44. The average molecular weight is 290 g/mol. The topological polar surface area (TPSA) is 91.1 Å². The molecule has 2 saturated heterocycles. The Bertz CT molecular complexity index is 380. The Balaban J connectivity index is 2.08. The van der Waals surface area contributed by atoms with E-state index in [1.165, 1.54) is 26.0 Å². The molecule has 1 amide bonds. The minimum absolute atomic E-state index is 0.0345. The van der Waals surface area contributed by atoms with Gasteiger partial charge in [-0.2, -0.15) is 0 Å². The number of fused-ring (bicyclic) bond motifs is 1. The van der Waals surface area contributed by atoms with Crippen LogP contribution >= 0.6 is 11.8 Å². The van der Waals surface area contributed by atoms with Gasteiger partial charge in [0.05, 0.1) is 6.61 Å². The van der Waals surface area contributed by atoms with Crippen molar-refractivity contribution in [2.75, 3.05) is 39.9 Å². The predicted molar refractivity (Wildman–Crippen MR) is 68.2 cm³/mol. The molecule has 0 aromatic rings. The van der Waals surface area contributed by atoms with Crippen LogP contribution in [0.25, 0.3) is 0 Å². The molecule has 0 radical (unpaired) electrons. The summed E-state index contributed by atoms with van der Waals surface area (Å²) in [7, 11) is 2.96. The Morgan fingerprint density at radius 1 is 1.53 bits per heavy atom. The molecule has 2 unspecified atom stereocenters. The summed E-state index contributed by atoms with van der Waals surface area (Å²) in [5.41, 5.74) is 4.87. The zero-order chi connectivity index (χ0) is 14.0. The summed E-state index contributed by atoms with van der Waals surface area (Å²) < 4.78 is 14.9. The molecule has 0 aromatic carbocycles. The fraction of sp³-hybridized carbons (Fsp3) is 0.818. The van der Waals surface area contributed by atoms with Crippen LogP contribution < -0.4 is 5.73 Å². The molecule has 2 rings (SSSR count). The maximum Gasteiger partial charge on any atom is 0.319 e. The molecule has 0 spiro atoms. The molecule has 19 heavy (non-hydrogen) atoms. The van der Waals surface area contributed by atoms with Gasteiger partial charge in [-0.05, 0) is 0 Å². The van der Waals surface area contributed by atoms with Crippen molar-refractivity contribution in [2.45, 2.75) is 11.4 Å². The van der Waals surface area contributed by atoms with Crippen LogP contribution in [0, 0.1) is 5.41 Å². The molecule has 2 N–H and O–H groups in total. The molecular weight excluding hydrogens is 272 g/mol. The van der Waals surface area contributed by atoms with Gasteiger partial charge in [0, 0.05) is 26.5 Å². The van der Waals surface area contributed by atoms with E-state index < -0.39 is 17.4 Å². The van der Waals surface area contributed by atoms with Gasteiger partial charge in [-0.15, -0.1) is 11.8 Å². The second-order valence-electron chi connectivity index (χ2n) is 4.75. The van der Waals surface area contributed by atoms with Crippen LogP contribution in [-0.4, -0.2) is 68.1 Å². The lowest BCUT2D eigenvalue weighted by atomic mass is 9.88. The third kappa shape index (κ3) is 2.45. The maximum atomic E-state index is 12.2. The summed E-state index contributed by atoms with van der Waals surface area (Å²) in [6.07, 6.45) is 0. The van der Waals surface area contributed by atoms with Gasteiger partial charge in [0.2, 0.25) is 5.91 Å². The van der Waals surface area contributed by atoms with E-state index in [2.05, 4.69) is 0 Å². The normalized spacial score (nSPS) is 33.6. The third-order valence-corrected chi connectivity index (χ3v) is 4.96. The molecule has 7 nitrogen and oxygen atoms in total. The van der Waals surface area contributed by atoms with E-state index in [9.17, 15) is 9.59 Å². The van der Waals surface area contributed by atoms with Crippen molar-refractivity contribution in [3.05, 3.63) is 0 Å². The summed E-state index contributed by atoms with van der Waals surface area (Å²) in [6, 6.07) is -0.458. The highest BCUT2D eigenvalue weighted by molar-refractivity contribution is 8.00. The number of carbonyl (C=O) groups is 2. The van der Waals surface area contributed by atoms with Crippen molar-refractivity contribution >= 4 is 23.6 Å². The summed E-state index contributed by atoms with van der Waals surface area (Å²) in [4.78, 5) is 25.5. The lowest BCUT2D eigenvalue weighted by molar-refractivity contribution is -0.173. The summed E-state index contributed by atoms with van der Waals surface area (Å²) in [5.74, 6) is -0.0152. The highest BCUT2D eigenvalue weighted by Gasteiger charge is 2.56. The second-order valence-corrected chi connectivity index (χ2v) is 5.85. The van der Waals surface area contributed by atoms with Crippen LogP contribution in [0.1, 0.15) is 0 Å². The molecule has 0 bridgehead atoms. The fourth-order valence-corrected chi connectivity index (χ4v) is 3.80. The zero-order valence-corrected chi connectivity index (χ0v) is 11.8. The number of nitrogens with two attached hydrogens (primary N) is 1. The minimum atomic E-state index is -0.843. The summed E-state index contributed by atoms with van der Waals surface area (Å²) >= 11 is 1.49. The second kappa shape index (κ2) is 5.66. The van der Waals surface area contributed by atoms with Crippen LogP contribution in [-0.2, 0) is 23.8 Å². The number of hydrogen-bond donors (Lipinski definition) is 1. The van der Waals surface area contributed by atoms with Crippen molar-refractivity contribution in [2.24, 2.45) is 11.1 Å². The monoisotopic (exact) mass is 290 g/mol. The number of thioether (sulfide) groups is 1. The molecular formula is C11H18N2O5S. The van der Waals surface area contributed by atoms with E-state index in [-0.39, 0.29) is 31.2 Å². The first-order chi connectivity index (χ1) is 9.05. The molecule has 0 aromatic heterocycles. The first-order valence-electron chi connectivity index (χ1n) is 5.88. The first-order valence-corrected chi connectivity index (χ1v) is 6.93. The van der Waals surface area contributed by atoms with Crippen LogP contribution in [0.3, 0.4) is 0 Å². The van der Waals surface area contributed by atoms with Gasteiger partial charge in [0.25, 0.3) is 0 Å². The Hall–Kier alpha value is -0.830. The van der Waals surface area contributed by atoms with Gasteiger partial charge in [-0.3, -0.25) is 9.59 Å². The van der Waals surface area contributed by atoms with Crippen molar-refractivity contribution in [1.82, 2.24) is 4.90 Å². The number of amides is 1. The Labute approximate surface area is 115 Å². The molecule has 108 valence electrons. The molecule has 2 aliphatic heterocycles. The molecule has 2 aliphatic rings. The maximum absolute atomic E-state index is 12.2. The van der Waals surface area contributed by atoms with Crippen molar-refractivity contribution in [1.29, 1.82) is 0 Å². The third-order valence-electron chi connectivity index (χ3n) is 3.35. The van der Waals surface area contributed by atoms with E-state index in [0.717, 1.165) is 0 Å². The van der Waals surface area contributed by atoms with Crippen LogP contribution in [0.2, 0.25) is 0 Å². The molecule has 2 fully saturated rings. The van der Waals surface area contributed by atoms with E-state index in [1.807, 2.05) is 0 Å². The van der Waals surface area contributed by atoms with Gasteiger partial charge in [0.15, 0.2) is 6.79 Å². The summed E-state index contributed by atoms with van der Waals surface area (Å²) in [6.45, 7) is 0.383. The molecule has 2 heterocycles. The number of ether oxygens (including phenoxy) is 3. The first kappa shape index (κ1) is 14.6. The van der Waals surface area contributed by atoms with E-state index in [1.54, 1.807) is 4.90 Å². The molecule has 0 saturated carbocycles. The molecule has 3 atom stereocenters. The lowest BCUT2D eigenvalue weighted by Gasteiger charge is -2.52. The number of rotatable bonds is 5. The highest BCUT2D eigenvalue weighted by atomic mass is 32.2. The quantitative estimate of drug-likeness (QED) is 0.395. The van der Waals surface area contributed by atoms with Gasteiger partial charge in [-0.1, -0.05) is 0 Å². The largest absolute Gasteiger partial charge is 0.438 e. The number of nitrogens with zero attached hydrogens (tertiary/aromatic N) is 1. The van der Waals surface area contributed by atoms with Gasteiger partial charge in [-0.25, -0.2) is 0 Å². The van der Waals surface area contributed by atoms with Crippen LogP contribution in [0.15, 0.2) is 0 Å². The number of esters is 1. The number of methoxy groups -OCH3 is 2. The fourth-order valence-electron chi connectivity index (χ4n) is 2.34. The minimum Gasteiger partial charge on any atom is -0.438 e. The summed E-state index contributed by atoms with van der Waals surface area (Å²) in [5, 5.41) is -0.0345. The smallest absolute Gasteiger partial charge is 0.319 e. The van der Waals surface area contributed by atoms with E-state index in [0.29, 0.717) is 5.75 Å². The molecule has 8 heteroatoms. The van der Waals surface area contributed by atoms with E-state index >= 15 is 0 Å². The number of β-lactam (4-membered cyclic amide) rings is 1. The zero-order valence-electron chi connectivity index (χ0n) is 11.0. The standard InChI is InChI=1S/C11H18N2O5S/c1-16-4-11(10(15)18-6-17-2)3-13-8(14)7(12)9(13)19-5-11/h7,9H,3-6,12H2,1-2H3/t7?,9-,11?/m1/s1. The Morgan fingerprint density at radius 3 is 2.89 bits per heavy atom. The van der Waals surface area contributed by atoms with Crippen LogP contribution in [0.5, 0.6) is 0 Å². The lowest BCUT2D eigenvalue weighted by Crippen LogP contribution is -2.72. The molecule has 0 aliphatic carbocycles. The Morgan fingerprint density at radius 2 is 2.26 bits per heavy atom. The van der Waals surface area contributed by atoms with E-state index in [4.69, 9.17) is 19.9 Å².